The van der Waals surface area contributed by atoms with E-state index in [2.05, 4.69) is 9.88 Å². The molecule has 0 unspecified atom stereocenters. The zero-order valence-electron chi connectivity index (χ0n) is 17.5. The number of methoxy groups -OCH3 is 1. The van der Waals surface area contributed by atoms with Gasteiger partial charge in [-0.1, -0.05) is 0 Å². The average Bonchev–Trinajstić information content (AvgIpc) is 3.43. The first-order valence-corrected chi connectivity index (χ1v) is 10.6. The summed E-state index contributed by atoms with van der Waals surface area (Å²) in [6.07, 6.45) is 5.99. The summed E-state index contributed by atoms with van der Waals surface area (Å²) >= 11 is 0. The summed E-state index contributed by atoms with van der Waals surface area (Å²) in [7, 11) is 1.74. The van der Waals surface area contributed by atoms with Crippen LogP contribution in [0.5, 0.6) is 5.75 Å². The standard InChI is InChI=1S/C24H25N3O4/c1-29-15-18-5-3-8-26(18)10-11-30-19-6-7-23-20(13-19)22(28)14-24(31-23)21-12-17-4-2-9-27(17)16-25-21/h2,4,6-7,9,12-14,16,18H,3,5,8,10-11,15H2,1H3/t18-/m0/s1. The van der Waals surface area contributed by atoms with Crippen molar-refractivity contribution in [3.8, 4) is 17.2 Å². The highest BCUT2D eigenvalue weighted by Crippen LogP contribution is 2.25. The number of hydrogen-bond donors (Lipinski definition) is 0. The number of fused-ring (bicyclic) bond motifs is 2. The van der Waals surface area contributed by atoms with Crippen molar-refractivity contribution in [1.82, 2.24) is 14.3 Å². The van der Waals surface area contributed by atoms with Crippen LogP contribution in [0.15, 0.2) is 64.2 Å². The lowest BCUT2D eigenvalue weighted by Crippen LogP contribution is -2.35. The van der Waals surface area contributed by atoms with Crippen molar-refractivity contribution in [3.05, 3.63) is 65.2 Å². The van der Waals surface area contributed by atoms with E-state index in [9.17, 15) is 4.79 Å². The minimum absolute atomic E-state index is 0.113. The van der Waals surface area contributed by atoms with E-state index in [1.165, 1.54) is 18.9 Å². The van der Waals surface area contributed by atoms with E-state index in [0.29, 0.717) is 40.8 Å². The van der Waals surface area contributed by atoms with Crippen LogP contribution in [0.25, 0.3) is 27.9 Å². The first-order chi connectivity index (χ1) is 15.2. The van der Waals surface area contributed by atoms with Crippen LogP contribution in [0.2, 0.25) is 0 Å². The normalized spacial score (nSPS) is 17.0. The average molecular weight is 419 g/mol. The van der Waals surface area contributed by atoms with E-state index in [1.54, 1.807) is 25.6 Å². The summed E-state index contributed by atoms with van der Waals surface area (Å²) in [6.45, 7) is 3.24. The number of aromatic nitrogens is 2. The molecule has 1 aromatic carbocycles. The Balaban J connectivity index is 1.32. The van der Waals surface area contributed by atoms with Gasteiger partial charge in [0.1, 0.15) is 23.6 Å². The summed E-state index contributed by atoms with van der Waals surface area (Å²) in [6, 6.07) is 13.2. The highest BCUT2D eigenvalue weighted by Gasteiger charge is 2.23. The minimum atomic E-state index is -0.113. The van der Waals surface area contributed by atoms with Gasteiger partial charge in [0.15, 0.2) is 11.2 Å². The fourth-order valence-corrected chi connectivity index (χ4v) is 4.27. The van der Waals surface area contributed by atoms with Gasteiger partial charge in [-0.25, -0.2) is 4.98 Å². The molecule has 1 saturated heterocycles. The second-order valence-electron chi connectivity index (χ2n) is 7.88. The third kappa shape index (κ3) is 4.06. The van der Waals surface area contributed by atoms with Gasteiger partial charge in [0, 0.05) is 37.5 Å². The first kappa shape index (κ1) is 19.8. The molecule has 31 heavy (non-hydrogen) atoms. The van der Waals surface area contributed by atoms with Crippen LogP contribution >= 0.6 is 0 Å². The zero-order valence-corrected chi connectivity index (χ0v) is 17.5. The third-order valence-corrected chi connectivity index (χ3v) is 5.87. The number of hydrogen-bond acceptors (Lipinski definition) is 6. The van der Waals surface area contributed by atoms with Crippen LogP contribution < -0.4 is 10.2 Å². The van der Waals surface area contributed by atoms with Gasteiger partial charge in [0.2, 0.25) is 0 Å². The molecular weight excluding hydrogens is 394 g/mol. The van der Waals surface area contributed by atoms with Crippen molar-refractivity contribution >= 4 is 16.5 Å². The van der Waals surface area contributed by atoms with Crippen molar-refractivity contribution in [2.45, 2.75) is 18.9 Å². The SMILES string of the molecule is COC[C@@H]1CCCN1CCOc1ccc2oc(-c3cc4cccn4cn3)cc(=O)c2c1. The molecule has 1 aliphatic rings. The molecule has 7 heteroatoms. The Morgan fingerprint density at radius 3 is 3.06 bits per heavy atom. The maximum atomic E-state index is 12.8. The van der Waals surface area contributed by atoms with Crippen LogP contribution in [-0.4, -0.2) is 53.7 Å². The van der Waals surface area contributed by atoms with Gasteiger partial charge in [-0.2, -0.15) is 0 Å². The molecule has 3 aromatic heterocycles. The Morgan fingerprint density at radius 2 is 2.16 bits per heavy atom. The largest absolute Gasteiger partial charge is 0.492 e. The minimum Gasteiger partial charge on any atom is -0.492 e. The van der Waals surface area contributed by atoms with Gasteiger partial charge in [0.05, 0.1) is 18.3 Å². The van der Waals surface area contributed by atoms with Crippen molar-refractivity contribution in [1.29, 1.82) is 0 Å². The third-order valence-electron chi connectivity index (χ3n) is 5.87. The second kappa shape index (κ2) is 8.53. The summed E-state index contributed by atoms with van der Waals surface area (Å²) in [5.74, 6) is 1.12. The lowest BCUT2D eigenvalue weighted by Gasteiger charge is -2.23. The van der Waals surface area contributed by atoms with Crippen LogP contribution in [0, 0.1) is 0 Å². The number of ether oxygens (including phenoxy) is 2. The molecule has 0 aliphatic carbocycles. The quantitative estimate of drug-likeness (QED) is 0.456. The Bertz CT molecular complexity index is 1260. The molecule has 1 aliphatic heterocycles. The van der Waals surface area contributed by atoms with E-state index < -0.39 is 0 Å². The highest BCUT2D eigenvalue weighted by atomic mass is 16.5. The number of nitrogens with zero attached hydrogens (tertiary/aromatic N) is 3. The van der Waals surface area contributed by atoms with E-state index in [0.717, 1.165) is 25.2 Å². The van der Waals surface area contributed by atoms with Gasteiger partial charge in [-0.15, -0.1) is 0 Å². The highest BCUT2D eigenvalue weighted by molar-refractivity contribution is 5.80. The maximum absolute atomic E-state index is 12.8. The molecule has 0 N–H and O–H groups in total. The number of benzene rings is 1. The van der Waals surface area contributed by atoms with E-state index in [1.807, 2.05) is 34.9 Å². The summed E-state index contributed by atoms with van der Waals surface area (Å²) < 4.78 is 19.1. The molecule has 4 heterocycles. The molecular formula is C24H25N3O4. The topological polar surface area (TPSA) is 69.2 Å². The zero-order chi connectivity index (χ0) is 21.2. The van der Waals surface area contributed by atoms with E-state index >= 15 is 0 Å². The fraction of sp³-hybridized carbons (Fsp3) is 0.333. The van der Waals surface area contributed by atoms with Crippen LogP contribution in [0.4, 0.5) is 0 Å². The van der Waals surface area contributed by atoms with E-state index in [-0.39, 0.29) is 5.43 Å². The molecule has 4 aromatic rings. The van der Waals surface area contributed by atoms with Gasteiger partial charge in [-0.05, 0) is 55.8 Å². The Hall–Kier alpha value is -3.16. The molecule has 5 rings (SSSR count). The molecule has 7 nitrogen and oxygen atoms in total. The molecule has 0 spiro atoms. The van der Waals surface area contributed by atoms with Crippen LogP contribution in [-0.2, 0) is 4.74 Å². The van der Waals surface area contributed by atoms with Crippen molar-refractivity contribution in [3.63, 3.8) is 0 Å². The summed E-state index contributed by atoms with van der Waals surface area (Å²) in [4.78, 5) is 19.6. The number of likely N-dealkylation sites (tertiary alicyclic amines) is 1. The molecule has 1 fully saturated rings. The first-order valence-electron chi connectivity index (χ1n) is 10.6. The van der Waals surface area contributed by atoms with Crippen LogP contribution in [0.1, 0.15) is 12.8 Å². The van der Waals surface area contributed by atoms with Gasteiger partial charge >= 0.3 is 0 Å². The predicted octanol–water partition coefficient (Wildman–Crippen LogP) is 3.60. The molecule has 1 atom stereocenters. The summed E-state index contributed by atoms with van der Waals surface area (Å²) in [5, 5.41) is 0.503. The molecule has 0 saturated carbocycles. The predicted molar refractivity (Wildman–Crippen MR) is 119 cm³/mol. The van der Waals surface area contributed by atoms with Crippen LogP contribution in [0.3, 0.4) is 0 Å². The lowest BCUT2D eigenvalue weighted by molar-refractivity contribution is 0.105. The monoisotopic (exact) mass is 419 g/mol. The van der Waals surface area contributed by atoms with Crippen molar-refractivity contribution < 1.29 is 13.9 Å². The van der Waals surface area contributed by atoms with Crippen molar-refractivity contribution in [2.24, 2.45) is 0 Å². The summed E-state index contributed by atoms with van der Waals surface area (Å²) in [5.41, 5.74) is 2.02. The molecule has 0 bridgehead atoms. The smallest absolute Gasteiger partial charge is 0.193 e. The fourth-order valence-electron chi connectivity index (χ4n) is 4.27. The maximum Gasteiger partial charge on any atom is 0.193 e. The van der Waals surface area contributed by atoms with Crippen molar-refractivity contribution in [2.75, 3.05) is 33.4 Å². The van der Waals surface area contributed by atoms with E-state index in [4.69, 9.17) is 13.9 Å². The Kier molecular flexibility index (Phi) is 5.44. The Morgan fingerprint density at radius 1 is 1.23 bits per heavy atom. The van der Waals surface area contributed by atoms with Gasteiger partial charge in [-0.3, -0.25) is 9.69 Å². The second-order valence-corrected chi connectivity index (χ2v) is 7.88. The lowest BCUT2D eigenvalue weighted by atomic mass is 10.2. The molecule has 0 radical (unpaired) electrons. The van der Waals surface area contributed by atoms with Gasteiger partial charge in [0.25, 0.3) is 0 Å². The molecule has 0 amide bonds. The molecule has 160 valence electrons. The number of rotatable bonds is 7. The Labute approximate surface area is 179 Å². The van der Waals surface area contributed by atoms with Gasteiger partial charge < -0.3 is 18.3 Å².